The van der Waals surface area contributed by atoms with Crippen molar-refractivity contribution in [1.29, 1.82) is 0 Å². The molecule has 1 fully saturated rings. The van der Waals surface area contributed by atoms with Crippen molar-refractivity contribution in [3.05, 3.63) is 40.1 Å². The van der Waals surface area contributed by atoms with Crippen LogP contribution in [0.15, 0.2) is 24.4 Å². The topological polar surface area (TPSA) is 41.9 Å². The molecule has 21 heavy (non-hydrogen) atoms. The minimum Gasteiger partial charge on any atom is -0.294 e. The molecule has 0 radical (unpaired) electrons. The fraction of sp³-hybridized carbons (Fsp3) is 0.562. The number of hydrogen-bond donors (Lipinski definition) is 0. The first-order valence-electron chi connectivity index (χ1n) is 7.74. The number of aryl methyl sites for hydroxylation is 2. The predicted octanol–water partition coefficient (Wildman–Crippen LogP) is 3.23. The van der Waals surface area contributed by atoms with Crippen LogP contribution in [0.3, 0.4) is 0 Å². The Hall–Kier alpha value is -1.33. The van der Waals surface area contributed by atoms with Crippen LogP contribution < -0.4 is 0 Å². The quantitative estimate of drug-likeness (QED) is 0.850. The average Bonchev–Trinajstić information content (AvgIpc) is 2.93. The van der Waals surface area contributed by atoms with Crippen molar-refractivity contribution in [2.45, 2.75) is 51.6 Å². The third-order valence-corrected chi connectivity index (χ3v) is 4.94. The van der Waals surface area contributed by atoms with Crippen LogP contribution in [0.5, 0.6) is 0 Å². The summed E-state index contributed by atoms with van der Waals surface area (Å²) in [6, 6.07) is 6.84. The summed E-state index contributed by atoms with van der Waals surface area (Å²) in [6.45, 7) is 4.17. The summed E-state index contributed by atoms with van der Waals surface area (Å²) in [4.78, 5) is 7.03. The van der Waals surface area contributed by atoms with Gasteiger partial charge in [0.15, 0.2) is 0 Å². The number of likely N-dealkylation sites (tertiary alicyclic amines) is 1. The maximum atomic E-state index is 4.44. The minimum atomic E-state index is 0.657. The fourth-order valence-electron chi connectivity index (χ4n) is 3.03. The standard InChI is InChI=1S/C16H22N4S/c1-13-18-19-16(21-13)12-20-11-5-3-7-15(20)9-8-14-6-2-4-10-17-14/h2,4,6,10,15H,3,5,7-9,11-12H2,1H3/t15-/m1/s1. The van der Waals surface area contributed by atoms with Crippen molar-refractivity contribution in [1.82, 2.24) is 20.1 Å². The summed E-state index contributed by atoms with van der Waals surface area (Å²) in [5.74, 6) is 0. The maximum Gasteiger partial charge on any atom is 0.131 e. The molecule has 0 bridgehead atoms. The molecule has 3 rings (SSSR count). The van der Waals surface area contributed by atoms with Crippen molar-refractivity contribution in [2.75, 3.05) is 6.54 Å². The van der Waals surface area contributed by atoms with E-state index in [1.807, 2.05) is 19.2 Å². The largest absolute Gasteiger partial charge is 0.294 e. The van der Waals surface area contributed by atoms with E-state index in [2.05, 4.69) is 32.2 Å². The van der Waals surface area contributed by atoms with Gasteiger partial charge in [-0.25, -0.2) is 0 Å². The van der Waals surface area contributed by atoms with Crippen LogP contribution in [0, 0.1) is 6.92 Å². The van der Waals surface area contributed by atoms with Crippen LogP contribution in [0.4, 0.5) is 0 Å². The molecule has 1 aliphatic heterocycles. The minimum absolute atomic E-state index is 0.657. The molecule has 2 aromatic rings. The Kier molecular flexibility index (Phi) is 4.93. The third kappa shape index (κ3) is 4.08. The first kappa shape index (κ1) is 14.6. The van der Waals surface area contributed by atoms with Crippen LogP contribution in [0.1, 0.15) is 41.4 Å². The molecule has 1 saturated heterocycles. The second kappa shape index (κ2) is 7.09. The lowest BCUT2D eigenvalue weighted by Gasteiger charge is -2.35. The summed E-state index contributed by atoms with van der Waals surface area (Å²) in [5, 5.41) is 10.6. The van der Waals surface area contributed by atoms with Gasteiger partial charge in [0.1, 0.15) is 10.0 Å². The second-order valence-electron chi connectivity index (χ2n) is 5.69. The van der Waals surface area contributed by atoms with Crippen LogP contribution in [0.25, 0.3) is 0 Å². The normalized spacial score (nSPS) is 19.8. The van der Waals surface area contributed by atoms with E-state index in [0.29, 0.717) is 6.04 Å². The van der Waals surface area contributed by atoms with Crippen molar-refractivity contribution in [3.63, 3.8) is 0 Å². The highest BCUT2D eigenvalue weighted by Crippen LogP contribution is 2.24. The summed E-state index contributed by atoms with van der Waals surface area (Å²) >= 11 is 1.72. The van der Waals surface area contributed by atoms with Gasteiger partial charge in [0, 0.05) is 17.9 Å². The second-order valence-corrected chi connectivity index (χ2v) is 6.96. The van der Waals surface area contributed by atoms with E-state index in [1.54, 1.807) is 11.3 Å². The predicted molar refractivity (Wildman–Crippen MR) is 85.3 cm³/mol. The zero-order valence-electron chi connectivity index (χ0n) is 12.5. The number of piperidine rings is 1. The van der Waals surface area contributed by atoms with Crippen molar-refractivity contribution in [2.24, 2.45) is 0 Å². The molecule has 0 unspecified atom stereocenters. The first-order valence-corrected chi connectivity index (χ1v) is 8.56. The van der Waals surface area contributed by atoms with Gasteiger partial charge >= 0.3 is 0 Å². The van der Waals surface area contributed by atoms with E-state index in [4.69, 9.17) is 0 Å². The number of hydrogen-bond acceptors (Lipinski definition) is 5. The highest BCUT2D eigenvalue weighted by Gasteiger charge is 2.23. The molecule has 4 nitrogen and oxygen atoms in total. The fourth-order valence-corrected chi connectivity index (χ4v) is 3.77. The summed E-state index contributed by atoms with van der Waals surface area (Å²) < 4.78 is 0. The molecule has 0 saturated carbocycles. The van der Waals surface area contributed by atoms with Gasteiger partial charge in [-0.05, 0) is 51.3 Å². The molecule has 0 aliphatic carbocycles. The first-order chi connectivity index (χ1) is 10.3. The van der Waals surface area contributed by atoms with Crippen LogP contribution >= 0.6 is 11.3 Å². The number of aromatic nitrogens is 3. The Bertz CT molecular complexity index is 554. The molecule has 112 valence electrons. The van der Waals surface area contributed by atoms with Crippen molar-refractivity contribution < 1.29 is 0 Å². The highest BCUT2D eigenvalue weighted by atomic mass is 32.1. The summed E-state index contributed by atoms with van der Waals surface area (Å²) in [6.07, 6.45) is 8.09. The summed E-state index contributed by atoms with van der Waals surface area (Å²) in [7, 11) is 0. The Morgan fingerprint density at radius 1 is 1.29 bits per heavy atom. The van der Waals surface area contributed by atoms with Gasteiger partial charge in [-0.1, -0.05) is 12.5 Å². The van der Waals surface area contributed by atoms with Gasteiger partial charge in [0.2, 0.25) is 0 Å². The molecule has 0 N–H and O–H groups in total. The smallest absolute Gasteiger partial charge is 0.131 e. The van der Waals surface area contributed by atoms with E-state index in [0.717, 1.165) is 23.0 Å². The third-order valence-electron chi connectivity index (χ3n) is 4.12. The van der Waals surface area contributed by atoms with Gasteiger partial charge in [-0.2, -0.15) is 0 Å². The van der Waals surface area contributed by atoms with E-state index in [1.165, 1.54) is 37.9 Å². The Morgan fingerprint density at radius 3 is 3.00 bits per heavy atom. The molecule has 1 aliphatic rings. The molecular weight excluding hydrogens is 280 g/mol. The van der Waals surface area contributed by atoms with Crippen molar-refractivity contribution >= 4 is 11.3 Å². The highest BCUT2D eigenvalue weighted by molar-refractivity contribution is 7.11. The number of rotatable bonds is 5. The van der Waals surface area contributed by atoms with Gasteiger partial charge in [-0.3, -0.25) is 9.88 Å². The monoisotopic (exact) mass is 302 g/mol. The van der Waals surface area contributed by atoms with Gasteiger partial charge in [0.25, 0.3) is 0 Å². The lowest BCUT2D eigenvalue weighted by atomic mass is 9.97. The number of nitrogens with zero attached hydrogens (tertiary/aromatic N) is 4. The van der Waals surface area contributed by atoms with Crippen LogP contribution in [0.2, 0.25) is 0 Å². The molecule has 0 aromatic carbocycles. The lowest BCUT2D eigenvalue weighted by molar-refractivity contribution is 0.132. The Labute approximate surface area is 130 Å². The zero-order valence-corrected chi connectivity index (χ0v) is 13.4. The van der Waals surface area contributed by atoms with Crippen molar-refractivity contribution in [3.8, 4) is 0 Å². The molecule has 0 spiro atoms. The number of pyridine rings is 1. The zero-order chi connectivity index (χ0) is 14.5. The van der Waals surface area contributed by atoms with E-state index in [9.17, 15) is 0 Å². The van der Waals surface area contributed by atoms with E-state index in [-0.39, 0.29) is 0 Å². The molecule has 0 amide bonds. The molecule has 2 aromatic heterocycles. The van der Waals surface area contributed by atoms with Crippen LogP contribution in [-0.4, -0.2) is 32.7 Å². The SMILES string of the molecule is Cc1nnc(CN2CCCC[C@@H]2CCc2ccccn2)s1. The molecule has 3 heterocycles. The molecule has 1 atom stereocenters. The molecular formula is C16H22N4S. The van der Waals surface area contributed by atoms with Crippen LogP contribution in [-0.2, 0) is 13.0 Å². The Balaban J connectivity index is 1.59. The van der Waals surface area contributed by atoms with Gasteiger partial charge in [-0.15, -0.1) is 21.5 Å². The lowest BCUT2D eigenvalue weighted by Crippen LogP contribution is -2.39. The summed E-state index contributed by atoms with van der Waals surface area (Å²) in [5.41, 5.74) is 1.20. The van der Waals surface area contributed by atoms with E-state index < -0.39 is 0 Å². The average molecular weight is 302 g/mol. The maximum absolute atomic E-state index is 4.44. The Morgan fingerprint density at radius 2 is 2.24 bits per heavy atom. The van der Waals surface area contributed by atoms with Gasteiger partial charge in [0.05, 0.1) is 6.54 Å². The molecule has 5 heteroatoms. The van der Waals surface area contributed by atoms with E-state index >= 15 is 0 Å². The van der Waals surface area contributed by atoms with Gasteiger partial charge < -0.3 is 0 Å².